The van der Waals surface area contributed by atoms with Gasteiger partial charge in [-0.1, -0.05) is 45.7 Å². The van der Waals surface area contributed by atoms with Crippen LogP contribution in [0.3, 0.4) is 0 Å². The molecule has 146 valence electrons. The summed E-state index contributed by atoms with van der Waals surface area (Å²) in [4.78, 5) is 0. The third-order valence-electron chi connectivity index (χ3n) is 4.34. The minimum atomic E-state index is 0.460. The van der Waals surface area contributed by atoms with Crippen LogP contribution < -0.4 is 14.8 Å². The molecule has 0 saturated carbocycles. The number of hydrogen-bond acceptors (Lipinski definition) is 3. The van der Waals surface area contributed by atoms with Crippen LogP contribution in [-0.4, -0.2) is 7.11 Å². The van der Waals surface area contributed by atoms with Crippen molar-refractivity contribution in [1.29, 1.82) is 0 Å². The smallest absolute Gasteiger partial charge is 0.175 e. The normalized spacial score (nSPS) is 10.6. The monoisotopic (exact) mass is 523 g/mol. The fraction of sp³-hybridized carbons (Fsp3) is 0.182. The van der Waals surface area contributed by atoms with Gasteiger partial charge >= 0.3 is 0 Å². The van der Waals surface area contributed by atoms with Crippen molar-refractivity contribution in [2.75, 3.05) is 12.4 Å². The van der Waals surface area contributed by atoms with Crippen LogP contribution in [0, 0.1) is 6.92 Å². The van der Waals surface area contributed by atoms with E-state index in [9.17, 15) is 0 Å². The molecule has 3 nitrogen and oxygen atoms in total. The molecule has 0 radical (unpaired) electrons. The van der Waals surface area contributed by atoms with Gasteiger partial charge in [-0.3, -0.25) is 0 Å². The first kappa shape index (κ1) is 21.0. The summed E-state index contributed by atoms with van der Waals surface area (Å²) in [6.45, 7) is 3.10. The Hall–Kier alpha value is -1.69. The molecule has 6 heteroatoms. The van der Waals surface area contributed by atoms with Crippen LogP contribution in [-0.2, 0) is 13.2 Å². The van der Waals surface area contributed by atoms with Crippen molar-refractivity contribution in [2.24, 2.45) is 0 Å². The molecule has 0 spiro atoms. The lowest BCUT2D eigenvalue weighted by Crippen LogP contribution is -2.03. The van der Waals surface area contributed by atoms with Crippen LogP contribution >= 0.6 is 43.5 Å². The van der Waals surface area contributed by atoms with E-state index in [4.69, 9.17) is 21.1 Å². The quantitative estimate of drug-likeness (QED) is 0.349. The largest absolute Gasteiger partial charge is 0.493 e. The van der Waals surface area contributed by atoms with E-state index < -0.39 is 0 Å². The van der Waals surface area contributed by atoms with E-state index in [-0.39, 0.29) is 0 Å². The van der Waals surface area contributed by atoms with Crippen molar-refractivity contribution in [2.45, 2.75) is 20.1 Å². The summed E-state index contributed by atoms with van der Waals surface area (Å²) in [5.41, 5.74) is 4.20. The molecule has 28 heavy (non-hydrogen) atoms. The van der Waals surface area contributed by atoms with Gasteiger partial charge in [-0.25, -0.2) is 0 Å². The van der Waals surface area contributed by atoms with Crippen molar-refractivity contribution in [3.8, 4) is 11.5 Å². The molecular weight excluding hydrogens is 506 g/mol. The fourth-order valence-electron chi connectivity index (χ4n) is 2.75. The van der Waals surface area contributed by atoms with Crippen molar-refractivity contribution in [1.82, 2.24) is 0 Å². The average Bonchev–Trinajstić information content (AvgIpc) is 2.69. The molecule has 3 aromatic carbocycles. The molecule has 3 rings (SSSR count). The Morgan fingerprint density at radius 2 is 1.75 bits per heavy atom. The van der Waals surface area contributed by atoms with Crippen molar-refractivity contribution in [3.63, 3.8) is 0 Å². The number of benzene rings is 3. The maximum atomic E-state index is 6.20. The highest BCUT2D eigenvalue weighted by atomic mass is 79.9. The van der Waals surface area contributed by atoms with Gasteiger partial charge in [0, 0.05) is 21.7 Å². The third-order valence-corrected chi connectivity index (χ3v) is 5.86. The van der Waals surface area contributed by atoms with Gasteiger partial charge in [0.2, 0.25) is 0 Å². The molecule has 0 heterocycles. The standard InChI is InChI=1S/C22H20Br2ClNO2/c1-14-19(25)4-3-5-20(14)26-12-16-10-18(24)22(21(11-16)27-2)28-13-15-6-8-17(23)9-7-15/h3-11,26H,12-13H2,1-2H3. The number of nitrogens with one attached hydrogen (secondary N) is 1. The first-order chi connectivity index (χ1) is 13.5. The number of halogens is 3. The Labute approximate surface area is 187 Å². The SMILES string of the molecule is COc1cc(CNc2cccc(Cl)c2C)cc(Br)c1OCc1ccc(Br)cc1. The summed E-state index contributed by atoms with van der Waals surface area (Å²) in [5, 5.41) is 4.18. The van der Waals surface area contributed by atoms with Gasteiger partial charge in [0.15, 0.2) is 11.5 Å². The molecule has 0 aliphatic heterocycles. The highest BCUT2D eigenvalue weighted by Gasteiger charge is 2.12. The Morgan fingerprint density at radius 1 is 1.00 bits per heavy atom. The van der Waals surface area contributed by atoms with Crippen LogP contribution in [0.5, 0.6) is 11.5 Å². The van der Waals surface area contributed by atoms with Crippen molar-refractivity contribution >= 4 is 49.1 Å². The molecule has 0 amide bonds. The summed E-state index contributed by atoms with van der Waals surface area (Å²) in [5.74, 6) is 1.37. The van der Waals surface area contributed by atoms with Gasteiger partial charge in [0.1, 0.15) is 6.61 Å². The molecule has 0 aliphatic carbocycles. The van der Waals surface area contributed by atoms with Gasteiger partial charge in [0.25, 0.3) is 0 Å². The number of anilines is 1. The van der Waals surface area contributed by atoms with E-state index in [0.717, 1.165) is 36.3 Å². The average molecular weight is 526 g/mol. The van der Waals surface area contributed by atoms with E-state index in [1.165, 1.54) is 0 Å². The number of hydrogen-bond donors (Lipinski definition) is 1. The first-order valence-corrected chi connectivity index (χ1v) is 10.7. The Bertz CT molecular complexity index is 961. The molecule has 1 N–H and O–H groups in total. The molecule has 0 aliphatic rings. The summed E-state index contributed by atoms with van der Waals surface area (Å²) >= 11 is 13.3. The summed E-state index contributed by atoms with van der Waals surface area (Å²) in [6, 6.07) is 17.9. The minimum absolute atomic E-state index is 0.460. The lowest BCUT2D eigenvalue weighted by molar-refractivity contribution is 0.282. The maximum absolute atomic E-state index is 6.20. The summed E-state index contributed by atoms with van der Waals surface area (Å²) < 4.78 is 13.5. The van der Waals surface area contributed by atoms with Crippen LogP contribution in [0.1, 0.15) is 16.7 Å². The second-order valence-corrected chi connectivity index (χ2v) is 8.47. The highest BCUT2D eigenvalue weighted by Crippen LogP contribution is 2.37. The number of methoxy groups -OCH3 is 1. The molecule has 0 atom stereocenters. The highest BCUT2D eigenvalue weighted by molar-refractivity contribution is 9.10. The van der Waals surface area contributed by atoms with Crippen LogP contribution in [0.4, 0.5) is 5.69 Å². The Kier molecular flexibility index (Phi) is 7.27. The number of rotatable bonds is 7. The third kappa shape index (κ3) is 5.22. The molecule has 0 fully saturated rings. The van der Waals surface area contributed by atoms with Gasteiger partial charge in [0.05, 0.1) is 11.6 Å². The van der Waals surface area contributed by atoms with Gasteiger partial charge in [-0.2, -0.15) is 0 Å². The Morgan fingerprint density at radius 3 is 2.46 bits per heavy atom. The van der Waals surface area contributed by atoms with Crippen LogP contribution in [0.25, 0.3) is 0 Å². The zero-order chi connectivity index (χ0) is 20.1. The summed E-state index contributed by atoms with van der Waals surface area (Å²) in [6.07, 6.45) is 0. The van der Waals surface area contributed by atoms with Gasteiger partial charge < -0.3 is 14.8 Å². The van der Waals surface area contributed by atoms with E-state index in [1.54, 1.807) is 7.11 Å². The Balaban J connectivity index is 1.73. The van der Waals surface area contributed by atoms with Crippen molar-refractivity contribution in [3.05, 3.63) is 85.3 Å². The molecular formula is C22H20Br2ClNO2. The van der Waals surface area contributed by atoms with E-state index in [0.29, 0.717) is 24.7 Å². The second-order valence-electron chi connectivity index (χ2n) is 6.29. The zero-order valence-corrected chi connectivity index (χ0v) is 19.5. The second kappa shape index (κ2) is 9.68. The predicted octanol–water partition coefficient (Wildman–Crippen LogP) is 7.37. The zero-order valence-electron chi connectivity index (χ0n) is 15.6. The first-order valence-electron chi connectivity index (χ1n) is 8.70. The minimum Gasteiger partial charge on any atom is -0.493 e. The molecule has 3 aromatic rings. The van der Waals surface area contributed by atoms with Gasteiger partial charge in [-0.05, 0) is 75.9 Å². The molecule has 0 aromatic heterocycles. The van der Waals surface area contributed by atoms with E-state index >= 15 is 0 Å². The van der Waals surface area contributed by atoms with Crippen LogP contribution in [0.15, 0.2) is 63.5 Å². The lowest BCUT2D eigenvalue weighted by atomic mass is 10.1. The molecule has 0 unspecified atom stereocenters. The lowest BCUT2D eigenvalue weighted by Gasteiger charge is -2.16. The van der Waals surface area contributed by atoms with Gasteiger partial charge in [-0.15, -0.1) is 0 Å². The summed E-state index contributed by atoms with van der Waals surface area (Å²) in [7, 11) is 1.65. The topological polar surface area (TPSA) is 30.5 Å². The van der Waals surface area contributed by atoms with Crippen molar-refractivity contribution < 1.29 is 9.47 Å². The molecule has 0 bridgehead atoms. The fourth-order valence-corrected chi connectivity index (χ4v) is 3.79. The predicted molar refractivity (Wildman–Crippen MR) is 123 cm³/mol. The van der Waals surface area contributed by atoms with E-state index in [1.807, 2.05) is 61.5 Å². The van der Waals surface area contributed by atoms with E-state index in [2.05, 4.69) is 37.2 Å². The number of ether oxygens (including phenoxy) is 2. The molecule has 0 saturated heterocycles. The van der Waals surface area contributed by atoms with Crippen LogP contribution in [0.2, 0.25) is 5.02 Å². The maximum Gasteiger partial charge on any atom is 0.175 e.